The Hall–Kier alpha value is -4.69. The molecule has 0 atom stereocenters. The van der Waals surface area contributed by atoms with E-state index in [0.717, 1.165) is 91.7 Å². The minimum atomic E-state index is -3.92. The minimum Gasteiger partial charge on any atom is -0.748 e. The van der Waals surface area contributed by atoms with Crippen molar-refractivity contribution in [3.8, 4) is 0 Å². The summed E-state index contributed by atoms with van der Waals surface area (Å²) in [5.41, 5.74) is 8.32. The monoisotopic (exact) mass is 1360 g/mol. The molecule has 13 heteroatoms. The summed E-state index contributed by atoms with van der Waals surface area (Å²) in [6.07, 6.45) is 69.5. The molecular weight excluding hydrogens is 1220 g/mol. The average molecular weight is 1360 g/mol. The Balaban J connectivity index is 0.00000682. The van der Waals surface area contributed by atoms with Crippen LogP contribution in [-0.2, 0) is 36.2 Å². The van der Waals surface area contributed by atoms with E-state index < -0.39 is 20.2 Å². The van der Waals surface area contributed by atoms with Crippen molar-refractivity contribution < 1.29 is 35.5 Å². The summed E-state index contributed by atoms with van der Waals surface area (Å²) in [6, 6.07) is 25.4. The van der Waals surface area contributed by atoms with Crippen molar-refractivity contribution in [2.24, 2.45) is 16.8 Å². The highest BCUT2D eigenvalue weighted by Crippen LogP contribution is 2.27. The summed E-state index contributed by atoms with van der Waals surface area (Å²) in [5.74, 6) is 0.580. The van der Waals surface area contributed by atoms with E-state index in [-0.39, 0.29) is 38.5 Å². The molecule has 4 rings (SSSR count). The molecule has 11 nitrogen and oxygen atoms in total. The molecule has 95 heavy (non-hydrogen) atoms. The van der Waals surface area contributed by atoms with Crippen molar-refractivity contribution in [3.05, 3.63) is 119 Å². The summed E-state index contributed by atoms with van der Waals surface area (Å²) in [4.78, 5) is 32.5. The third kappa shape index (κ3) is 54.9. The normalized spacial score (nSPS) is 11.9. The zero-order valence-electron chi connectivity index (χ0n) is 59.3. The molecule has 0 fully saturated rings. The lowest BCUT2D eigenvalue weighted by Crippen LogP contribution is -2.23. The fourth-order valence-corrected chi connectivity index (χ4v) is 12.1. The predicted octanol–water partition coefficient (Wildman–Crippen LogP) is 24.5. The summed E-state index contributed by atoms with van der Waals surface area (Å²) >= 11 is 0. The molecule has 542 valence electrons. The predicted molar refractivity (Wildman–Crippen MR) is 410 cm³/mol. The van der Waals surface area contributed by atoms with E-state index >= 15 is 0 Å². The molecule has 0 bridgehead atoms. The summed E-state index contributed by atoms with van der Waals surface area (Å²) < 4.78 is 54.5. The Morgan fingerprint density at radius 2 is 0.621 bits per heavy atom. The van der Waals surface area contributed by atoms with Crippen molar-refractivity contribution in [2.75, 3.05) is 23.1 Å². The van der Waals surface area contributed by atoms with E-state index in [1.54, 1.807) is 0 Å². The number of allylic oxidation sites excluding steroid dienone is 5. The topological polar surface area (TPSA) is 185 Å². The van der Waals surface area contributed by atoms with Crippen LogP contribution in [0.25, 0.3) is 6.08 Å². The lowest BCUT2D eigenvalue weighted by molar-refractivity contribution is -0.121. The van der Waals surface area contributed by atoms with E-state index in [4.69, 9.17) is 30.9 Å². The average Bonchev–Trinajstić information content (AvgIpc) is 1.56. The molecule has 2 amide bonds. The van der Waals surface area contributed by atoms with Gasteiger partial charge in [-0.15, -0.1) is 0 Å². The summed E-state index contributed by atoms with van der Waals surface area (Å²) in [5, 5.41) is 6.63. The number of rotatable bonds is 52. The van der Waals surface area contributed by atoms with Gasteiger partial charge in [0.05, 0.1) is 31.6 Å². The van der Waals surface area contributed by atoms with Gasteiger partial charge < -0.3 is 19.7 Å². The number of aliphatic imine (C=N–C) groups is 1. The van der Waals surface area contributed by atoms with Crippen LogP contribution in [-0.4, -0.2) is 56.0 Å². The van der Waals surface area contributed by atoms with Crippen molar-refractivity contribution in [3.63, 3.8) is 0 Å². The Morgan fingerprint density at radius 1 is 0.379 bits per heavy atom. The second-order valence-electron chi connectivity index (χ2n) is 26.7. The Kier molecular flexibility index (Phi) is 56.4. The molecule has 0 heterocycles. The fraction of sp³-hybridized carbons (Fsp3) is 0.671. The lowest BCUT2D eigenvalue weighted by atomic mass is 9.93. The van der Waals surface area contributed by atoms with Gasteiger partial charge in [0, 0.05) is 35.7 Å². The Bertz CT molecular complexity index is 2590. The number of nitrogens with one attached hydrogen (secondary N) is 2. The zero-order chi connectivity index (χ0) is 67.9. The first-order valence-corrected chi connectivity index (χ1v) is 40.9. The van der Waals surface area contributed by atoms with Crippen LogP contribution in [0.15, 0.2) is 108 Å². The summed E-state index contributed by atoms with van der Waals surface area (Å²) in [6.45, 7) is 9.15. The highest BCUT2D eigenvalue weighted by atomic mass is 32.2. The number of unbranched alkanes of at least 4 members (excludes halogenated alkanes) is 36. The van der Waals surface area contributed by atoms with Crippen LogP contribution >= 0.6 is 0 Å². The summed E-state index contributed by atoms with van der Waals surface area (Å²) in [7, 11) is -7.83. The molecule has 0 aliphatic heterocycles. The van der Waals surface area contributed by atoms with E-state index in [1.807, 2.05) is 0 Å². The highest BCUT2D eigenvalue weighted by molar-refractivity contribution is 7.85. The van der Waals surface area contributed by atoms with Crippen LogP contribution in [0.2, 0.25) is 0 Å². The number of hydrogen-bond donors (Lipinski definition) is 2. The molecule has 0 spiro atoms. The SMILES string of the molecule is C.C.CCCCCCCCCCCCC(CCCCCCCCCCCC)C(=O)Nc1ccc(C=C2C=CC(=Nc3ccc(Cc4ccc(NC(=O)C(CCCCCCCCCCCC)CCCCCCCCCCCC)cc4)cc3)C=C2)cc1.CS(=O)(=O)[O-].CS(=O)(=O)[O-]. The maximum absolute atomic E-state index is 13.8. The van der Waals surface area contributed by atoms with Crippen molar-refractivity contribution in [2.45, 2.75) is 331 Å². The van der Waals surface area contributed by atoms with Crippen LogP contribution in [0, 0.1) is 11.8 Å². The number of hydrogen-bond acceptors (Lipinski definition) is 9. The van der Waals surface area contributed by atoms with E-state index in [0.29, 0.717) is 12.5 Å². The van der Waals surface area contributed by atoms with Gasteiger partial charge in [-0.25, -0.2) is 21.8 Å². The molecule has 0 saturated heterocycles. The molecule has 1 aliphatic carbocycles. The molecule has 0 saturated carbocycles. The van der Waals surface area contributed by atoms with Gasteiger partial charge in [-0.05, 0) is 109 Å². The van der Waals surface area contributed by atoms with Crippen molar-refractivity contribution in [1.29, 1.82) is 0 Å². The number of benzene rings is 3. The van der Waals surface area contributed by atoms with Crippen LogP contribution in [0.1, 0.15) is 342 Å². The molecule has 3 aromatic carbocycles. The molecule has 1 aliphatic rings. The third-order valence-corrected chi connectivity index (χ3v) is 17.6. The molecular formula is C82H137N3O8S2-2. The van der Waals surface area contributed by atoms with Crippen molar-refractivity contribution >= 4 is 60.9 Å². The first-order chi connectivity index (χ1) is 44.9. The van der Waals surface area contributed by atoms with Gasteiger partial charge in [-0.3, -0.25) is 9.59 Å². The first-order valence-electron chi connectivity index (χ1n) is 37.3. The van der Waals surface area contributed by atoms with Crippen LogP contribution in [0.3, 0.4) is 0 Å². The quantitative estimate of drug-likeness (QED) is 0.0413. The zero-order valence-corrected chi connectivity index (χ0v) is 61.0. The van der Waals surface area contributed by atoms with Gasteiger partial charge in [-0.2, -0.15) is 0 Å². The van der Waals surface area contributed by atoms with Crippen LogP contribution < -0.4 is 10.6 Å². The van der Waals surface area contributed by atoms with Gasteiger partial charge >= 0.3 is 0 Å². The Morgan fingerprint density at radius 3 is 0.895 bits per heavy atom. The largest absolute Gasteiger partial charge is 0.748 e. The molecule has 3 aromatic rings. The van der Waals surface area contributed by atoms with Gasteiger partial charge in [0.25, 0.3) is 0 Å². The van der Waals surface area contributed by atoms with Gasteiger partial charge in [0.2, 0.25) is 11.8 Å². The van der Waals surface area contributed by atoms with Crippen LogP contribution in [0.5, 0.6) is 0 Å². The number of carbonyl (C=O) groups excluding carboxylic acids is 2. The maximum Gasteiger partial charge on any atom is 0.227 e. The number of amides is 2. The first kappa shape index (κ1) is 90.3. The second kappa shape index (κ2) is 59.4. The van der Waals surface area contributed by atoms with Gasteiger partial charge in [0.1, 0.15) is 0 Å². The smallest absolute Gasteiger partial charge is 0.227 e. The Labute approximate surface area is 583 Å². The second-order valence-corrected chi connectivity index (χ2v) is 29.5. The fourth-order valence-electron chi connectivity index (χ4n) is 12.1. The van der Waals surface area contributed by atoms with Gasteiger partial charge in [0.15, 0.2) is 0 Å². The van der Waals surface area contributed by atoms with Crippen LogP contribution in [0.4, 0.5) is 17.1 Å². The molecule has 0 unspecified atom stereocenters. The number of nitrogens with zero attached hydrogens (tertiary/aromatic N) is 1. The lowest BCUT2D eigenvalue weighted by Gasteiger charge is -2.17. The van der Waals surface area contributed by atoms with E-state index in [2.05, 4.69) is 142 Å². The standard InChI is InChI=1S/C78H123N3O2.2CH4O3S.2CH4/c1-5-9-13-17-21-25-29-33-37-41-45-71(46-42-38-34-30-26-22-18-14-10-6-2)77(82)80-75-61-53-69(54-62-75)65-67-49-57-73(58-50-67)79-74-59-51-68(52-60-74)66-70-55-63-76(64-56-70)81-78(83)72(47-43-39-35-31-27-23-19-15-11-7-3)48-44-40-36-32-28-24-20-16-12-8-4;2*1-5(2,3)4;;/h49-65,71-72H,5-48,66H2,1-4H3,(H,80,82)(H,81,83);2*1H3,(H,2,3,4);2*1H4/p-2. The van der Waals surface area contributed by atoms with Gasteiger partial charge in [-0.1, -0.05) is 348 Å². The van der Waals surface area contributed by atoms with E-state index in [1.165, 1.54) is 242 Å². The maximum atomic E-state index is 13.8. The molecule has 2 N–H and O–H groups in total. The van der Waals surface area contributed by atoms with Crippen molar-refractivity contribution in [1.82, 2.24) is 0 Å². The minimum absolute atomic E-state index is 0. The number of carbonyl (C=O) groups is 2. The highest BCUT2D eigenvalue weighted by Gasteiger charge is 2.20. The molecule has 0 aromatic heterocycles. The number of anilines is 2. The molecule has 0 radical (unpaired) electrons. The van der Waals surface area contributed by atoms with E-state index in [9.17, 15) is 9.59 Å². The third-order valence-electron chi connectivity index (χ3n) is 17.6.